The molecule has 0 aliphatic rings. The fraction of sp³-hybridized carbons (Fsp3) is 0.500. The first kappa shape index (κ1) is 19.1. The van der Waals surface area contributed by atoms with E-state index in [1.165, 1.54) is 7.11 Å². The molecule has 1 aromatic carbocycles. The lowest BCUT2D eigenvalue weighted by molar-refractivity contribution is 0.0526. The van der Waals surface area contributed by atoms with E-state index in [9.17, 15) is 9.59 Å². The minimum atomic E-state index is -0.510. The number of carbonyl (C=O) groups excluding carboxylic acids is 2. The summed E-state index contributed by atoms with van der Waals surface area (Å²) in [6.45, 7) is 6.48. The standard InChI is InChI=1S/C16H23ClN2O4/c1-16(2,3)23-15(21)19-9-5-8-18-13-10-11(14(20)22-4)6-7-12(13)17/h6-7,10,18H,5,8-9H2,1-4H3,(H,19,21). The number of anilines is 1. The Bertz CT molecular complexity index is 556. The smallest absolute Gasteiger partial charge is 0.407 e. The molecule has 0 radical (unpaired) electrons. The fourth-order valence-corrected chi connectivity index (χ4v) is 1.91. The maximum absolute atomic E-state index is 11.5. The van der Waals surface area contributed by atoms with Gasteiger partial charge in [0.1, 0.15) is 5.60 Å². The number of hydrogen-bond donors (Lipinski definition) is 2. The number of hydrogen-bond acceptors (Lipinski definition) is 5. The molecule has 0 saturated heterocycles. The molecule has 0 spiro atoms. The van der Waals surface area contributed by atoms with Gasteiger partial charge in [-0.15, -0.1) is 0 Å². The minimum absolute atomic E-state index is 0.420. The number of esters is 1. The van der Waals surface area contributed by atoms with Crippen LogP contribution in [0.1, 0.15) is 37.6 Å². The first-order valence-corrected chi connectivity index (χ1v) is 7.69. The predicted molar refractivity (Wildman–Crippen MR) is 90.1 cm³/mol. The number of rotatable bonds is 6. The summed E-state index contributed by atoms with van der Waals surface area (Å²) in [5.74, 6) is -0.420. The maximum Gasteiger partial charge on any atom is 0.407 e. The first-order valence-electron chi connectivity index (χ1n) is 7.31. The van der Waals surface area contributed by atoms with Gasteiger partial charge in [-0.2, -0.15) is 0 Å². The predicted octanol–water partition coefficient (Wildman–Crippen LogP) is 3.45. The van der Waals surface area contributed by atoms with Crippen molar-refractivity contribution >= 4 is 29.4 Å². The number of ether oxygens (including phenoxy) is 2. The Labute approximate surface area is 141 Å². The van der Waals surface area contributed by atoms with Crippen molar-refractivity contribution in [1.29, 1.82) is 0 Å². The summed E-state index contributed by atoms with van der Waals surface area (Å²) >= 11 is 6.08. The van der Waals surface area contributed by atoms with Gasteiger partial charge in [-0.05, 0) is 45.4 Å². The third-order valence-electron chi connectivity index (χ3n) is 2.72. The molecule has 1 rings (SSSR count). The zero-order valence-corrected chi connectivity index (χ0v) is 14.6. The number of methoxy groups -OCH3 is 1. The van der Waals surface area contributed by atoms with Crippen LogP contribution in [-0.2, 0) is 9.47 Å². The number of carbonyl (C=O) groups is 2. The first-order chi connectivity index (χ1) is 10.7. The Morgan fingerprint density at radius 2 is 1.91 bits per heavy atom. The Hall–Kier alpha value is -1.95. The van der Waals surface area contributed by atoms with E-state index in [0.717, 1.165) is 0 Å². The third-order valence-corrected chi connectivity index (χ3v) is 3.05. The largest absolute Gasteiger partial charge is 0.465 e. The molecule has 7 heteroatoms. The van der Waals surface area contributed by atoms with E-state index >= 15 is 0 Å². The van der Waals surface area contributed by atoms with Crippen molar-refractivity contribution < 1.29 is 19.1 Å². The average Bonchev–Trinajstić information content (AvgIpc) is 2.46. The van der Waals surface area contributed by atoms with Crippen LogP contribution in [0.5, 0.6) is 0 Å². The van der Waals surface area contributed by atoms with E-state index < -0.39 is 17.7 Å². The SMILES string of the molecule is COC(=O)c1ccc(Cl)c(NCCCNC(=O)OC(C)(C)C)c1. The molecule has 1 amide bonds. The summed E-state index contributed by atoms with van der Waals surface area (Å²) < 4.78 is 9.80. The lowest BCUT2D eigenvalue weighted by Crippen LogP contribution is -2.33. The Balaban J connectivity index is 2.39. The van der Waals surface area contributed by atoms with Crippen LogP contribution in [0.15, 0.2) is 18.2 Å². The van der Waals surface area contributed by atoms with Gasteiger partial charge in [0.25, 0.3) is 0 Å². The van der Waals surface area contributed by atoms with Gasteiger partial charge in [-0.3, -0.25) is 0 Å². The molecule has 0 aliphatic carbocycles. The summed E-state index contributed by atoms with van der Waals surface area (Å²) in [5.41, 5.74) is 0.558. The average molecular weight is 343 g/mol. The van der Waals surface area contributed by atoms with Crippen LogP contribution < -0.4 is 10.6 Å². The minimum Gasteiger partial charge on any atom is -0.465 e. The molecule has 0 aliphatic heterocycles. The van der Waals surface area contributed by atoms with Gasteiger partial charge >= 0.3 is 12.1 Å². The van der Waals surface area contributed by atoms with Crippen molar-refractivity contribution in [2.45, 2.75) is 32.8 Å². The van der Waals surface area contributed by atoms with E-state index in [4.69, 9.17) is 16.3 Å². The number of amides is 1. The van der Waals surface area contributed by atoms with Crippen LogP contribution in [0.2, 0.25) is 5.02 Å². The van der Waals surface area contributed by atoms with Crippen molar-refractivity contribution in [2.75, 3.05) is 25.5 Å². The zero-order valence-electron chi connectivity index (χ0n) is 13.9. The van der Waals surface area contributed by atoms with E-state index in [1.54, 1.807) is 18.2 Å². The molecule has 0 atom stereocenters. The van der Waals surface area contributed by atoms with Gasteiger partial charge in [0, 0.05) is 13.1 Å². The van der Waals surface area contributed by atoms with Crippen molar-refractivity contribution in [1.82, 2.24) is 5.32 Å². The van der Waals surface area contributed by atoms with Crippen LogP contribution in [-0.4, -0.2) is 37.9 Å². The van der Waals surface area contributed by atoms with Gasteiger partial charge < -0.3 is 20.1 Å². The van der Waals surface area contributed by atoms with Crippen molar-refractivity contribution in [3.8, 4) is 0 Å². The van der Waals surface area contributed by atoms with E-state index in [0.29, 0.717) is 35.8 Å². The van der Waals surface area contributed by atoms with Crippen LogP contribution in [0, 0.1) is 0 Å². The molecule has 6 nitrogen and oxygen atoms in total. The van der Waals surface area contributed by atoms with E-state index in [2.05, 4.69) is 15.4 Å². The molecule has 2 N–H and O–H groups in total. The van der Waals surface area contributed by atoms with Crippen molar-refractivity contribution in [3.05, 3.63) is 28.8 Å². The molecule has 128 valence electrons. The summed E-state index contributed by atoms with van der Waals surface area (Å²) in [6.07, 6.45) is 0.237. The Kier molecular flexibility index (Phi) is 7.16. The maximum atomic E-state index is 11.5. The van der Waals surface area contributed by atoms with Crippen molar-refractivity contribution in [2.24, 2.45) is 0 Å². The number of nitrogens with one attached hydrogen (secondary N) is 2. The monoisotopic (exact) mass is 342 g/mol. The molecule has 0 unspecified atom stereocenters. The fourth-order valence-electron chi connectivity index (χ4n) is 1.72. The summed E-state index contributed by atoms with van der Waals surface area (Å²) in [5, 5.41) is 6.30. The Morgan fingerprint density at radius 3 is 2.52 bits per heavy atom. The Morgan fingerprint density at radius 1 is 1.22 bits per heavy atom. The van der Waals surface area contributed by atoms with Gasteiger partial charge in [-0.1, -0.05) is 11.6 Å². The van der Waals surface area contributed by atoms with Crippen LogP contribution in [0.4, 0.5) is 10.5 Å². The van der Waals surface area contributed by atoms with E-state index in [1.807, 2.05) is 20.8 Å². The molecular formula is C16H23ClN2O4. The highest BCUT2D eigenvalue weighted by molar-refractivity contribution is 6.33. The highest BCUT2D eigenvalue weighted by atomic mass is 35.5. The zero-order chi connectivity index (χ0) is 17.5. The van der Waals surface area contributed by atoms with E-state index in [-0.39, 0.29) is 0 Å². The molecule has 0 heterocycles. The number of alkyl carbamates (subject to hydrolysis) is 1. The molecule has 0 aromatic heterocycles. The molecule has 0 bridgehead atoms. The summed E-state index contributed by atoms with van der Waals surface area (Å²) in [4.78, 5) is 23.0. The van der Waals surface area contributed by atoms with Crippen LogP contribution in [0.25, 0.3) is 0 Å². The number of benzene rings is 1. The molecule has 1 aromatic rings. The van der Waals surface area contributed by atoms with Crippen molar-refractivity contribution in [3.63, 3.8) is 0 Å². The molecule has 0 fully saturated rings. The van der Waals surface area contributed by atoms with Gasteiger partial charge in [0.05, 0.1) is 23.4 Å². The normalized spacial score (nSPS) is 10.8. The lowest BCUT2D eigenvalue weighted by Gasteiger charge is -2.19. The molecule has 23 heavy (non-hydrogen) atoms. The van der Waals surface area contributed by atoms with Gasteiger partial charge in [0.2, 0.25) is 0 Å². The van der Waals surface area contributed by atoms with Crippen LogP contribution in [0.3, 0.4) is 0 Å². The third kappa shape index (κ3) is 7.23. The second-order valence-corrected chi connectivity index (χ2v) is 6.30. The number of halogens is 1. The molecular weight excluding hydrogens is 320 g/mol. The highest BCUT2D eigenvalue weighted by Gasteiger charge is 2.15. The highest BCUT2D eigenvalue weighted by Crippen LogP contribution is 2.23. The quantitative estimate of drug-likeness (QED) is 0.611. The van der Waals surface area contributed by atoms with Crippen LogP contribution >= 0.6 is 11.6 Å². The summed E-state index contributed by atoms with van der Waals surface area (Å²) in [7, 11) is 1.33. The molecule has 0 saturated carbocycles. The van der Waals surface area contributed by atoms with Gasteiger partial charge in [0.15, 0.2) is 0 Å². The van der Waals surface area contributed by atoms with Gasteiger partial charge in [-0.25, -0.2) is 9.59 Å². The lowest BCUT2D eigenvalue weighted by atomic mass is 10.2. The second-order valence-electron chi connectivity index (χ2n) is 5.90. The second kappa shape index (κ2) is 8.62. The topological polar surface area (TPSA) is 76.7 Å². The summed E-state index contributed by atoms with van der Waals surface area (Å²) in [6, 6.07) is 4.87.